The normalized spacial score (nSPS) is 13.4. The largest absolute Gasteiger partial charge is 0.425 e. The number of hydrogen-bond acceptors (Lipinski definition) is 4. The van der Waals surface area contributed by atoms with E-state index in [-0.39, 0.29) is 23.7 Å². The van der Waals surface area contributed by atoms with Crippen molar-refractivity contribution < 1.29 is 19.1 Å². The van der Waals surface area contributed by atoms with E-state index in [1.54, 1.807) is 13.8 Å². The highest BCUT2D eigenvalue weighted by Crippen LogP contribution is 2.21. The SMILES string of the molecule is CC[C@@H](CNC(=O)O[C@H](OC(=O)C(C)C)C(C)C)c1ccc(Cl)cc1. The van der Waals surface area contributed by atoms with Gasteiger partial charge >= 0.3 is 12.1 Å². The highest BCUT2D eigenvalue weighted by Gasteiger charge is 2.24. The van der Waals surface area contributed by atoms with Crippen molar-refractivity contribution in [2.75, 3.05) is 6.54 Å². The number of nitrogens with one attached hydrogen (secondary N) is 1. The summed E-state index contributed by atoms with van der Waals surface area (Å²) in [5.74, 6) is -0.645. The van der Waals surface area contributed by atoms with Gasteiger partial charge in [-0.05, 0) is 24.1 Å². The van der Waals surface area contributed by atoms with Crippen LogP contribution in [0.3, 0.4) is 0 Å². The second kappa shape index (κ2) is 10.3. The summed E-state index contributed by atoms with van der Waals surface area (Å²) in [6, 6.07) is 7.56. The van der Waals surface area contributed by atoms with Crippen molar-refractivity contribution in [1.82, 2.24) is 5.32 Å². The molecule has 0 unspecified atom stereocenters. The van der Waals surface area contributed by atoms with E-state index in [4.69, 9.17) is 21.1 Å². The number of hydrogen-bond donors (Lipinski definition) is 1. The molecule has 140 valence electrons. The molecule has 5 nitrogen and oxygen atoms in total. The van der Waals surface area contributed by atoms with Crippen molar-refractivity contribution in [3.8, 4) is 0 Å². The first-order chi connectivity index (χ1) is 11.7. The third kappa shape index (κ3) is 7.34. The Kier molecular flexibility index (Phi) is 8.76. The maximum atomic E-state index is 12.1. The van der Waals surface area contributed by atoms with Crippen LogP contribution in [0.2, 0.25) is 5.02 Å². The highest BCUT2D eigenvalue weighted by molar-refractivity contribution is 6.30. The number of carbonyl (C=O) groups excluding carboxylic acids is 2. The Morgan fingerprint density at radius 3 is 2.16 bits per heavy atom. The zero-order valence-corrected chi connectivity index (χ0v) is 16.3. The fourth-order valence-corrected chi connectivity index (χ4v) is 2.26. The van der Waals surface area contributed by atoms with Crippen LogP contribution in [0, 0.1) is 11.8 Å². The summed E-state index contributed by atoms with van der Waals surface area (Å²) in [5, 5.41) is 3.43. The summed E-state index contributed by atoms with van der Waals surface area (Å²) in [5.41, 5.74) is 1.10. The summed E-state index contributed by atoms with van der Waals surface area (Å²) in [6.45, 7) is 9.60. The van der Waals surface area contributed by atoms with Crippen LogP contribution >= 0.6 is 11.6 Å². The van der Waals surface area contributed by atoms with E-state index >= 15 is 0 Å². The Morgan fingerprint density at radius 1 is 1.08 bits per heavy atom. The van der Waals surface area contributed by atoms with Gasteiger partial charge in [0.1, 0.15) is 0 Å². The average Bonchev–Trinajstić information content (AvgIpc) is 2.55. The Hall–Kier alpha value is -1.75. The number of ether oxygens (including phenoxy) is 2. The molecule has 1 aromatic carbocycles. The fraction of sp³-hybridized carbons (Fsp3) is 0.579. The molecule has 1 rings (SSSR count). The fourth-order valence-electron chi connectivity index (χ4n) is 2.13. The zero-order chi connectivity index (χ0) is 19.0. The van der Waals surface area contributed by atoms with Crippen molar-refractivity contribution in [2.24, 2.45) is 11.8 Å². The first-order valence-electron chi connectivity index (χ1n) is 8.65. The van der Waals surface area contributed by atoms with Gasteiger partial charge in [-0.25, -0.2) is 4.79 Å². The van der Waals surface area contributed by atoms with Gasteiger partial charge in [0.15, 0.2) is 0 Å². The quantitative estimate of drug-likeness (QED) is 0.531. The molecule has 0 saturated carbocycles. The van der Waals surface area contributed by atoms with Crippen LogP contribution in [0.1, 0.15) is 52.5 Å². The lowest BCUT2D eigenvalue weighted by Crippen LogP contribution is -2.36. The molecule has 2 atom stereocenters. The van der Waals surface area contributed by atoms with Crippen molar-refractivity contribution in [2.45, 2.75) is 53.2 Å². The lowest BCUT2D eigenvalue weighted by Gasteiger charge is -2.23. The maximum Gasteiger partial charge on any atom is 0.410 e. The Bertz CT molecular complexity index is 557. The summed E-state index contributed by atoms with van der Waals surface area (Å²) in [7, 11) is 0. The van der Waals surface area contributed by atoms with Crippen LogP contribution in [-0.4, -0.2) is 24.9 Å². The lowest BCUT2D eigenvalue weighted by atomic mass is 9.97. The van der Waals surface area contributed by atoms with E-state index in [1.807, 2.05) is 45.0 Å². The van der Waals surface area contributed by atoms with E-state index in [0.29, 0.717) is 11.6 Å². The van der Waals surface area contributed by atoms with Gasteiger partial charge in [0.05, 0.1) is 5.92 Å². The second-order valence-corrected chi connectivity index (χ2v) is 7.08. The topological polar surface area (TPSA) is 64.6 Å². The van der Waals surface area contributed by atoms with Crippen LogP contribution in [0.5, 0.6) is 0 Å². The number of carbonyl (C=O) groups is 2. The van der Waals surface area contributed by atoms with Crippen LogP contribution in [0.4, 0.5) is 4.79 Å². The van der Waals surface area contributed by atoms with E-state index in [0.717, 1.165) is 12.0 Å². The molecule has 0 aliphatic carbocycles. The molecule has 1 N–H and O–H groups in total. The van der Waals surface area contributed by atoms with E-state index in [1.165, 1.54) is 0 Å². The lowest BCUT2D eigenvalue weighted by molar-refractivity contribution is -0.178. The van der Waals surface area contributed by atoms with Gasteiger partial charge in [0.2, 0.25) is 0 Å². The predicted octanol–water partition coefficient (Wildman–Crippen LogP) is 4.74. The molecule has 25 heavy (non-hydrogen) atoms. The zero-order valence-electron chi connectivity index (χ0n) is 15.5. The Morgan fingerprint density at radius 2 is 1.68 bits per heavy atom. The van der Waals surface area contributed by atoms with Crippen LogP contribution in [0.15, 0.2) is 24.3 Å². The standard InChI is InChI=1S/C19H28ClNO4/c1-6-14(15-7-9-16(20)10-8-15)11-21-19(23)25-18(13(4)5)24-17(22)12(2)3/h7-10,12-14,18H,6,11H2,1-5H3,(H,21,23)/t14-,18-/m0/s1. The van der Waals surface area contributed by atoms with Crippen molar-refractivity contribution >= 4 is 23.7 Å². The molecule has 0 spiro atoms. The van der Waals surface area contributed by atoms with Gasteiger partial charge in [-0.1, -0.05) is 58.4 Å². The molecule has 1 aromatic rings. The van der Waals surface area contributed by atoms with E-state index < -0.39 is 12.4 Å². The van der Waals surface area contributed by atoms with Gasteiger partial charge in [-0.3, -0.25) is 4.79 Å². The molecule has 0 aliphatic rings. The van der Waals surface area contributed by atoms with Gasteiger partial charge in [0, 0.05) is 23.4 Å². The van der Waals surface area contributed by atoms with Crippen LogP contribution < -0.4 is 5.32 Å². The predicted molar refractivity (Wildman–Crippen MR) is 98.5 cm³/mol. The molecular weight excluding hydrogens is 342 g/mol. The number of alkyl carbamates (subject to hydrolysis) is 1. The summed E-state index contributed by atoms with van der Waals surface area (Å²) in [6.07, 6.45) is -0.633. The Balaban J connectivity index is 2.58. The molecule has 0 aromatic heterocycles. The first-order valence-corrected chi connectivity index (χ1v) is 9.02. The minimum absolute atomic E-state index is 0.133. The molecular formula is C19H28ClNO4. The van der Waals surface area contributed by atoms with E-state index in [9.17, 15) is 9.59 Å². The van der Waals surface area contributed by atoms with Crippen LogP contribution in [-0.2, 0) is 14.3 Å². The third-order valence-electron chi connectivity index (χ3n) is 3.80. The van der Waals surface area contributed by atoms with E-state index in [2.05, 4.69) is 5.32 Å². The number of benzene rings is 1. The molecule has 0 aliphatic heterocycles. The Labute approximate surface area is 155 Å². The molecule has 1 amide bonds. The molecule has 6 heteroatoms. The minimum Gasteiger partial charge on any atom is -0.425 e. The average molecular weight is 370 g/mol. The smallest absolute Gasteiger partial charge is 0.410 e. The van der Waals surface area contributed by atoms with Gasteiger partial charge < -0.3 is 14.8 Å². The van der Waals surface area contributed by atoms with Gasteiger partial charge in [-0.2, -0.15) is 0 Å². The number of halogens is 1. The molecule has 0 bridgehead atoms. The van der Waals surface area contributed by atoms with Crippen molar-refractivity contribution in [3.63, 3.8) is 0 Å². The monoisotopic (exact) mass is 369 g/mol. The van der Waals surface area contributed by atoms with Crippen molar-refractivity contribution in [1.29, 1.82) is 0 Å². The molecule has 0 radical (unpaired) electrons. The first kappa shape index (κ1) is 21.3. The maximum absolute atomic E-state index is 12.1. The molecule has 0 saturated heterocycles. The molecule has 0 heterocycles. The summed E-state index contributed by atoms with van der Waals surface area (Å²) < 4.78 is 10.5. The highest BCUT2D eigenvalue weighted by atomic mass is 35.5. The minimum atomic E-state index is -0.898. The second-order valence-electron chi connectivity index (χ2n) is 6.65. The third-order valence-corrected chi connectivity index (χ3v) is 4.05. The number of esters is 1. The molecule has 0 fully saturated rings. The number of rotatable bonds is 8. The van der Waals surface area contributed by atoms with Crippen molar-refractivity contribution in [3.05, 3.63) is 34.9 Å². The van der Waals surface area contributed by atoms with Gasteiger partial charge in [0.25, 0.3) is 6.29 Å². The van der Waals surface area contributed by atoms with Crippen LogP contribution in [0.25, 0.3) is 0 Å². The summed E-state index contributed by atoms with van der Waals surface area (Å²) >= 11 is 5.91. The number of amides is 1. The summed E-state index contributed by atoms with van der Waals surface area (Å²) in [4.78, 5) is 23.8. The van der Waals surface area contributed by atoms with Gasteiger partial charge in [-0.15, -0.1) is 0 Å².